The summed E-state index contributed by atoms with van der Waals surface area (Å²) < 4.78 is 5.34. The molecule has 1 aromatic rings. The smallest absolute Gasteiger partial charge is 0.337 e. The lowest BCUT2D eigenvalue weighted by Crippen LogP contribution is -2.31. The molecule has 1 aliphatic rings. The molecule has 1 aliphatic heterocycles. The average molecular weight is 284 g/mol. The maximum Gasteiger partial charge on any atom is 0.337 e. The maximum atomic E-state index is 12.0. The minimum absolute atomic E-state index is 0.00315. The van der Waals surface area contributed by atoms with Crippen molar-refractivity contribution in [2.75, 3.05) is 11.9 Å². The molecule has 0 aliphatic carbocycles. The summed E-state index contributed by atoms with van der Waals surface area (Å²) in [6, 6.07) is 4.25. The van der Waals surface area contributed by atoms with E-state index in [9.17, 15) is 9.59 Å². The molecule has 5 nitrogen and oxygen atoms in total. The number of hydrogen-bond donors (Lipinski definition) is 2. The van der Waals surface area contributed by atoms with Crippen LogP contribution in [0.5, 0.6) is 0 Å². The Hall–Kier alpha value is -1.59. The van der Waals surface area contributed by atoms with Crippen LogP contribution in [0.3, 0.4) is 0 Å². The minimum Gasteiger partial charge on any atom is -0.478 e. The number of halogens is 1. The molecule has 19 heavy (non-hydrogen) atoms. The number of hydrogen-bond acceptors (Lipinski definition) is 3. The van der Waals surface area contributed by atoms with Crippen molar-refractivity contribution in [3.63, 3.8) is 0 Å². The van der Waals surface area contributed by atoms with Crippen LogP contribution in [0.2, 0.25) is 5.02 Å². The Morgan fingerprint density at radius 3 is 2.79 bits per heavy atom. The Bertz CT molecular complexity index is 517. The average Bonchev–Trinajstić information content (AvgIpc) is 2.75. The summed E-state index contributed by atoms with van der Waals surface area (Å²) in [7, 11) is 0. The molecule has 0 saturated carbocycles. The van der Waals surface area contributed by atoms with Crippen molar-refractivity contribution >= 4 is 29.2 Å². The number of rotatable bonds is 3. The number of nitrogens with one attached hydrogen (secondary N) is 1. The summed E-state index contributed by atoms with van der Waals surface area (Å²) in [5, 5.41) is 12.0. The number of carboxylic acids is 1. The third kappa shape index (κ3) is 3.05. The monoisotopic (exact) mass is 283 g/mol. The van der Waals surface area contributed by atoms with Gasteiger partial charge < -0.3 is 15.2 Å². The van der Waals surface area contributed by atoms with E-state index in [0.29, 0.717) is 11.6 Å². The van der Waals surface area contributed by atoms with E-state index in [1.165, 1.54) is 18.2 Å². The highest BCUT2D eigenvalue weighted by atomic mass is 35.5. The zero-order chi connectivity index (χ0) is 14.0. The number of amides is 1. The quantitative estimate of drug-likeness (QED) is 0.893. The summed E-state index contributed by atoms with van der Waals surface area (Å²) in [6.07, 6.45) is 0.278. The van der Waals surface area contributed by atoms with Crippen molar-refractivity contribution < 1.29 is 19.4 Å². The second-order valence-electron chi connectivity index (χ2n) is 4.54. The van der Waals surface area contributed by atoms with Gasteiger partial charge in [0.1, 0.15) is 6.10 Å². The van der Waals surface area contributed by atoms with Crippen LogP contribution < -0.4 is 5.32 Å². The first-order chi connectivity index (χ1) is 8.99. The molecular weight excluding hydrogens is 270 g/mol. The van der Waals surface area contributed by atoms with Crippen molar-refractivity contribution in [2.24, 2.45) is 5.92 Å². The van der Waals surface area contributed by atoms with E-state index in [2.05, 4.69) is 5.32 Å². The van der Waals surface area contributed by atoms with Gasteiger partial charge in [-0.1, -0.05) is 18.5 Å². The second kappa shape index (κ2) is 5.59. The fourth-order valence-electron chi connectivity index (χ4n) is 2.04. The first-order valence-corrected chi connectivity index (χ1v) is 6.32. The van der Waals surface area contributed by atoms with Gasteiger partial charge in [-0.3, -0.25) is 4.79 Å². The van der Waals surface area contributed by atoms with Crippen LogP contribution in [-0.2, 0) is 9.53 Å². The molecule has 0 spiro atoms. The number of carbonyl (C=O) groups is 2. The van der Waals surface area contributed by atoms with E-state index < -0.39 is 12.1 Å². The topological polar surface area (TPSA) is 75.6 Å². The normalized spacial score (nSPS) is 22.2. The van der Waals surface area contributed by atoms with Crippen molar-refractivity contribution in [3.8, 4) is 0 Å². The van der Waals surface area contributed by atoms with Gasteiger partial charge in [0.2, 0.25) is 0 Å². The van der Waals surface area contributed by atoms with E-state index in [1.807, 2.05) is 6.92 Å². The van der Waals surface area contributed by atoms with Gasteiger partial charge in [-0.05, 0) is 30.5 Å². The zero-order valence-corrected chi connectivity index (χ0v) is 11.1. The van der Waals surface area contributed by atoms with Gasteiger partial charge in [0.05, 0.1) is 11.3 Å². The molecule has 0 radical (unpaired) electrons. The molecule has 2 unspecified atom stereocenters. The van der Waals surface area contributed by atoms with Crippen LogP contribution in [0.15, 0.2) is 18.2 Å². The van der Waals surface area contributed by atoms with E-state index in [1.54, 1.807) is 0 Å². The fourth-order valence-corrected chi connectivity index (χ4v) is 2.21. The van der Waals surface area contributed by atoms with Crippen LogP contribution in [0.25, 0.3) is 0 Å². The highest BCUT2D eigenvalue weighted by Crippen LogP contribution is 2.25. The number of benzene rings is 1. The van der Waals surface area contributed by atoms with Gasteiger partial charge >= 0.3 is 5.97 Å². The zero-order valence-electron chi connectivity index (χ0n) is 10.4. The molecule has 0 aromatic heterocycles. The molecule has 1 aromatic carbocycles. The van der Waals surface area contributed by atoms with E-state index >= 15 is 0 Å². The van der Waals surface area contributed by atoms with Crippen molar-refractivity contribution in [3.05, 3.63) is 28.8 Å². The molecule has 6 heteroatoms. The highest BCUT2D eigenvalue weighted by molar-refractivity contribution is 6.31. The van der Waals surface area contributed by atoms with E-state index in [4.69, 9.17) is 21.4 Å². The number of ether oxygens (including phenoxy) is 1. The lowest BCUT2D eigenvalue weighted by molar-refractivity contribution is -0.126. The number of carbonyl (C=O) groups excluding carboxylic acids is 1. The number of carboxylic acid groups (broad SMARTS) is 1. The largest absolute Gasteiger partial charge is 0.478 e. The second-order valence-corrected chi connectivity index (χ2v) is 4.98. The van der Waals surface area contributed by atoms with Crippen molar-refractivity contribution in [1.29, 1.82) is 0 Å². The molecule has 1 heterocycles. The summed E-state index contributed by atoms with van der Waals surface area (Å²) in [5.74, 6) is -1.34. The van der Waals surface area contributed by atoms with Gasteiger partial charge in [-0.2, -0.15) is 0 Å². The minimum atomic E-state index is -1.12. The molecule has 2 rings (SSSR count). The van der Waals surface area contributed by atoms with Crippen LogP contribution >= 0.6 is 11.6 Å². The molecule has 1 saturated heterocycles. The molecule has 0 bridgehead atoms. The van der Waals surface area contributed by atoms with Crippen LogP contribution in [-0.4, -0.2) is 29.7 Å². The van der Waals surface area contributed by atoms with Gasteiger partial charge in [0, 0.05) is 11.6 Å². The first-order valence-electron chi connectivity index (χ1n) is 5.94. The SMILES string of the molecule is CC1CCOC1C(=O)Nc1cc(Cl)ccc1C(=O)O. The third-order valence-corrected chi connectivity index (χ3v) is 3.35. The lowest BCUT2D eigenvalue weighted by atomic mass is 10.0. The Morgan fingerprint density at radius 1 is 1.47 bits per heavy atom. The maximum absolute atomic E-state index is 12.0. The Morgan fingerprint density at radius 2 is 2.21 bits per heavy atom. The lowest BCUT2D eigenvalue weighted by Gasteiger charge is -2.15. The van der Waals surface area contributed by atoms with E-state index in [-0.39, 0.29) is 23.1 Å². The third-order valence-electron chi connectivity index (χ3n) is 3.12. The summed E-state index contributed by atoms with van der Waals surface area (Å²) >= 11 is 5.82. The first kappa shape index (κ1) is 13.8. The number of aromatic carboxylic acids is 1. The summed E-state index contributed by atoms with van der Waals surface area (Å²) in [4.78, 5) is 23.1. The molecule has 2 atom stereocenters. The summed E-state index contributed by atoms with van der Waals surface area (Å²) in [6.45, 7) is 2.47. The van der Waals surface area contributed by atoms with Gasteiger partial charge in [-0.15, -0.1) is 0 Å². The summed E-state index contributed by atoms with van der Waals surface area (Å²) in [5.41, 5.74) is 0.191. The fraction of sp³-hybridized carbons (Fsp3) is 0.385. The highest BCUT2D eigenvalue weighted by Gasteiger charge is 2.31. The predicted molar refractivity (Wildman–Crippen MR) is 70.6 cm³/mol. The molecular formula is C13H14ClNO4. The molecule has 102 valence electrons. The van der Waals surface area contributed by atoms with Gasteiger partial charge in [0.15, 0.2) is 0 Å². The Kier molecular flexibility index (Phi) is 4.07. The standard InChI is InChI=1S/C13H14ClNO4/c1-7-4-5-19-11(7)12(16)15-10-6-8(14)2-3-9(10)13(17)18/h2-3,6-7,11H,4-5H2,1H3,(H,15,16)(H,17,18). The van der Waals surface area contributed by atoms with Crippen molar-refractivity contribution in [2.45, 2.75) is 19.4 Å². The van der Waals surface area contributed by atoms with Crippen molar-refractivity contribution in [1.82, 2.24) is 0 Å². The Balaban J connectivity index is 2.20. The van der Waals surface area contributed by atoms with Gasteiger partial charge in [0.25, 0.3) is 5.91 Å². The van der Waals surface area contributed by atoms with Crippen LogP contribution in [0.1, 0.15) is 23.7 Å². The van der Waals surface area contributed by atoms with Crippen LogP contribution in [0, 0.1) is 5.92 Å². The molecule has 2 N–H and O–H groups in total. The van der Waals surface area contributed by atoms with Gasteiger partial charge in [-0.25, -0.2) is 4.79 Å². The predicted octanol–water partition coefficient (Wildman–Crippen LogP) is 2.40. The van der Waals surface area contributed by atoms with E-state index in [0.717, 1.165) is 6.42 Å². The Labute approximate surface area is 115 Å². The molecule has 1 amide bonds. The number of anilines is 1. The molecule has 1 fully saturated rings. The van der Waals surface area contributed by atoms with Crippen LogP contribution in [0.4, 0.5) is 5.69 Å².